The Kier molecular flexibility index (Phi) is 11.3. The van der Waals surface area contributed by atoms with E-state index in [1.165, 1.54) is 0 Å². The number of hydrogen-bond acceptors (Lipinski definition) is 1. The summed E-state index contributed by atoms with van der Waals surface area (Å²) in [6.45, 7) is 2.99. The molecule has 1 N–H and O–H groups in total. The Hall–Kier alpha value is 0.410. The monoisotopic (exact) mass is 189 g/mol. The molecule has 0 saturated carbocycles. The van der Waals surface area contributed by atoms with E-state index in [9.17, 15) is 0 Å². The molecule has 0 rings (SSSR count). The molecule has 0 bridgehead atoms. The van der Waals surface area contributed by atoms with Crippen molar-refractivity contribution in [3.05, 3.63) is 10.7 Å². The molecule has 0 atom stereocenters. The summed E-state index contributed by atoms with van der Waals surface area (Å²) in [6, 6.07) is 0. The van der Waals surface area contributed by atoms with Gasteiger partial charge < -0.3 is 5.32 Å². The molecule has 4 heteroatoms. The third-order valence-electron chi connectivity index (χ3n) is 0.606. The van der Waals surface area contributed by atoms with Gasteiger partial charge in [-0.05, 0) is 6.42 Å². The second kappa shape index (κ2) is 8.41. The van der Waals surface area contributed by atoms with Crippen molar-refractivity contribution in [2.24, 2.45) is 0 Å². The highest BCUT2D eigenvalue weighted by atomic mass is 35.5. The van der Waals surface area contributed by atoms with Crippen molar-refractivity contribution in [3.63, 3.8) is 0 Å². The highest BCUT2D eigenvalue weighted by molar-refractivity contribution is 6.55. The molecule has 0 heterocycles. The molecule has 0 aromatic carbocycles. The lowest BCUT2D eigenvalue weighted by molar-refractivity contribution is 0.809. The highest BCUT2D eigenvalue weighted by Crippen LogP contribution is 2.02. The van der Waals surface area contributed by atoms with E-state index in [4.69, 9.17) is 23.2 Å². The van der Waals surface area contributed by atoms with Gasteiger partial charge in [0.1, 0.15) is 4.49 Å². The van der Waals surface area contributed by atoms with Gasteiger partial charge in [0.15, 0.2) is 0 Å². The van der Waals surface area contributed by atoms with Crippen LogP contribution in [0.5, 0.6) is 0 Å². The lowest BCUT2D eigenvalue weighted by Crippen LogP contribution is -2.04. The van der Waals surface area contributed by atoms with Crippen LogP contribution in [0.4, 0.5) is 0 Å². The van der Waals surface area contributed by atoms with Crippen molar-refractivity contribution in [1.29, 1.82) is 0 Å². The largest absolute Gasteiger partial charge is 0.389 e. The molecule has 56 valence electrons. The smallest absolute Gasteiger partial charge is 0.122 e. The summed E-state index contributed by atoms with van der Waals surface area (Å²) in [5, 5.41) is 2.91. The predicted octanol–water partition coefficient (Wildman–Crippen LogP) is 2.68. The molecule has 0 aliphatic carbocycles. The Balaban J connectivity index is 0. The molecule has 0 aromatic heterocycles. The van der Waals surface area contributed by atoms with Crippen molar-refractivity contribution >= 4 is 35.6 Å². The zero-order valence-electron chi connectivity index (χ0n) is 5.16. The molecule has 0 amide bonds. The van der Waals surface area contributed by atoms with Crippen LogP contribution < -0.4 is 5.32 Å². The van der Waals surface area contributed by atoms with Gasteiger partial charge >= 0.3 is 0 Å². The van der Waals surface area contributed by atoms with E-state index in [2.05, 4.69) is 12.2 Å². The van der Waals surface area contributed by atoms with E-state index in [1.807, 2.05) is 0 Å². The Labute approximate surface area is 71.8 Å². The van der Waals surface area contributed by atoms with Crippen molar-refractivity contribution in [1.82, 2.24) is 5.32 Å². The first kappa shape index (κ1) is 12.1. The van der Waals surface area contributed by atoms with Gasteiger partial charge in [0, 0.05) is 12.7 Å². The van der Waals surface area contributed by atoms with Gasteiger partial charge in [-0.2, -0.15) is 0 Å². The van der Waals surface area contributed by atoms with Crippen LogP contribution in [0.1, 0.15) is 13.3 Å². The second-order valence-electron chi connectivity index (χ2n) is 1.39. The van der Waals surface area contributed by atoms with E-state index in [0.717, 1.165) is 13.0 Å². The minimum atomic E-state index is 0. The fourth-order valence-corrected chi connectivity index (χ4v) is 0.448. The summed E-state index contributed by atoms with van der Waals surface area (Å²) < 4.78 is 0.276. The molecule has 0 aliphatic rings. The molecule has 0 aliphatic heterocycles. The topological polar surface area (TPSA) is 12.0 Å². The molecular weight excluding hydrogens is 180 g/mol. The highest BCUT2D eigenvalue weighted by Gasteiger charge is 1.78. The van der Waals surface area contributed by atoms with Crippen molar-refractivity contribution in [2.45, 2.75) is 13.3 Å². The lowest BCUT2D eigenvalue weighted by Gasteiger charge is -1.92. The summed E-state index contributed by atoms with van der Waals surface area (Å²) in [4.78, 5) is 0. The molecule has 0 aromatic rings. The minimum Gasteiger partial charge on any atom is -0.389 e. The van der Waals surface area contributed by atoms with Crippen LogP contribution in [0, 0.1) is 0 Å². The normalized spacial score (nSPS) is 7.44. The first-order valence-corrected chi connectivity index (χ1v) is 3.27. The lowest BCUT2D eigenvalue weighted by atomic mass is 10.5. The summed E-state index contributed by atoms with van der Waals surface area (Å²) >= 11 is 10.6. The summed E-state index contributed by atoms with van der Waals surface area (Å²) in [5.41, 5.74) is 0. The fraction of sp³-hybridized carbons (Fsp3) is 0.600. The number of rotatable bonds is 3. The first-order valence-electron chi connectivity index (χ1n) is 2.52. The van der Waals surface area contributed by atoms with Crippen LogP contribution in [0.25, 0.3) is 0 Å². The van der Waals surface area contributed by atoms with Crippen LogP contribution in [0.15, 0.2) is 10.7 Å². The molecular formula is C5H10Cl3N. The molecule has 0 fully saturated rings. The average molecular weight is 191 g/mol. The van der Waals surface area contributed by atoms with E-state index in [1.54, 1.807) is 6.20 Å². The molecule has 0 saturated heterocycles. The van der Waals surface area contributed by atoms with Crippen LogP contribution in [-0.4, -0.2) is 6.54 Å². The van der Waals surface area contributed by atoms with Crippen LogP contribution in [0.2, 0.25) is 0 Å². The van der Waals surface area contributed by atoms with Crippen LogP contribution >= 0.6 is 35.6 Å². The Morgan fingerprint density at radius 1 is 1.56 bits per heavy atom. The zero-order chi connectivity index (χ0) is 6.41. The minimum absolute atomic E-state index is 0. The standard InChI is InChI=1S/C5H9Cl2N.ClH/c1-2-3-8-4-5(6)7;/h4,8H,2-3H2,1H3;1H. The van der Waals surface area contributed by atoms with Gasteiger partial charge in [0.05, 0.1) is 0 Å². The Bertz CT molecular complexity index is 78.3. The SMILES string of the molecule is CCCNC=C(Cl)Cl.Cl. The maximum Gasteiger partial charge on any atom is 0.122 e. The molecule has 1 nitrogen and oxygen atoms in total. The van der Waals surface area contributed by atoms with Crippen molar-refractivity contribution < 1.29 is 0 Å². The summed E-state index contributed by atoms with van der Waals surface area (Å²) in [6.07, 6.45) is 2.66. The molecule has 0 unspecified atom stereocenters. The summed E-state index contributed by atoms with van der Waals surface area (Å²) in [7, 11) is 0. The maximum absolute atomic E-state index is 5.28. The quantitative estimate of drug-likeness (QED) is 0.675. The predicted molar refractivity (Wildman–Crippen MR) is 45.3 cm³/mol. The van der Waals surface area contributed by atoms with Gasteiger partial charge in [0.25, 0.3) is 0 Å². The molecule has 0 spiro atoms. The third kappa shape index (κ3) is 11.8. The number of nitrogens with one attached hydrogen (secondary N) is 1. The molecule has 0 radical (unpaired) electrons. The van der Waals surface area contributed by atoms with Gasteiger partial charge in [-0.1, -0.05) is 30.1 Å². The Morgan fingerprint density at radius 3 is 2.44 bits per heavy atom. The van der Waals surface area contributed by atoms with E-state index in [-0.39, 0.29) is 16.9 Å². The first-order chi connectivity index (χ1) is 3.77. The fourth-order valence-electron chi connectivity index (χ4n) is 0.294. The summed E-state index contributed by atoms with van der Waals surface area (Å²) in [5.74, 6) is 0. The van der Waals surface area contributed by atoms with E-state index >= 15 is 0 Å². The molecule has 9 heavy (non-hydrogen) atoms. The number of hydrogen-bond donors (Lipinski definition) is 1. The van der Waals surface area contributed by atoms with Gasteiger partial charge in [0.2, 0.25) is 0 Å². The maximum atomic E-state index is 5.28. The van der Waals surface area contributed by atoms with Gasteiger partial charge in [-0.25, -0.2) is 0 Å². The van der Waals surface area contributed by atoms with Crippen LogP contribution in [-0.2, 0) is 0 Å². The average Bonchev–Trinajstić information content (AvgIpc) is 1.66. The van der Waals surface area contributed by atoms with Crippen molar-refractivity contribution in [3.8, 4) is 0 Å². The van der Waals surface area contributed by atoms with Gasteiger partial charge in [-0.3, -0.25) is 0 Å². The second-order valence-corrected chi connectivity index (χ2v) is 2.40. The number of halogens is 3. The third-order valence-corrected chi connectivity index (χ3v) is 0.824. The van der Waals surface area contributed by atoms with E-state index in [0.29, 0.717) is 0 Å². The van der Waals surface area contributed by atoms with Crippen molar-refractivity contribution in [2.75, 3.05) is 6.54 Å². The van der Waals surface area contributed by atoms with Crippen LogP contribution in [0.3, 0.4) is 0 Å². The Morgan fingerprint density at radius 2 is 2.11 bits per heavy atom. The van der Waals surface area contributed by atoms with Gasteiger partial charge in [-0.15, -0.1) is 12.4 Å². The zero-order valence-corrected chi connectivity index (χ0v) is 7.48. The van der Waals surface area contributed by atoms with E-state index < -0.39 is 0 Å².